The van der Waals surface area contributed by atoms with Gasteiger partial charge in [0.15, 0.2) is 0 Å². The maximum atomic E-state index is 5.83. The summed E-state index contributed by atoms with van der Waals surface area (Å²) in [6.45, 7) is 8.19. The molecule has 0 aromatic heterocycles. The van der Waals surface area contributed by atoms with Crippen LogP contribution in [0.3, 0.4) is 0 Å². The average Bonchev–Trinajstić information content (AvgIpc) is 2.05. The Balaban J connectivity index is 2.50. The second-order valence-electron chi connectivity index (χ2n) is 4.40. The van der Waals surface area contributed by atoms with Gasteiger partial charge in [-0.3, -0.25) is 0 Å². The summed E-state index contributed by atoms with van der Waals surface area (Å²) in [5.74, 6) is 0.889. The Bertz CT molecular complexity index is 393. The van der Waals surface area contributed by atoms with Gasteiger partial charge in [-0.2, -0.15) is 0 Å². The number of rotatable bonds is 0. The minimum atomic E-state index is -0.153. The van der Waals surface area contributed by atoms with Crippen molar-refractivity contribution >= 4 is 11.3 Å². The normalized spacial score (nSPS) is 18.6. The van der Waals surface area contributed by atoms with Crippen molar-refractivity contribution in [3.05, 3.63) is 30.3 Å². The molecule has 0 spiro atoms. The Labute approximate surface area is 84.4 Å². The van der Waals surface area contributed by atoms with Gasteiger partial charge in [-0.05, 0) is 37.6 Å². The monoisotopic (exact) mass is 189 g/mol. The predicted molar refractivity (Wildman–Crippen MR) is 59.2 cm³/mol. The van der Waals surface area contributed by atoms with E-state index in [1.165, 1.54) is 0 Å². The molecular weight excluding hydrogens is 174 g/mol. The van der Waals surface area contributed by atoms with Crippen LogP contribution in [-0.4, -0.2) is 5.60 Å². The molecule has 0 amide bonds. The van der Waals surface area contributed by atoms with E-state index >= 15 is 0 Å². The largest absolute Gasteiger partial charge is 0.487 e. The fourth-order valence-electron chi connectivity index (χ4n) is 1.86. The first-order chi connectivity index (χ1) is 6.48. The lowest BCUT2D eigenvalue weighted by Gasteiger charge is -2.33. The van der Waals surface area contributed by atoms with E-state index in [1.54, 1.807) is 0 Å². The van der Waals surface area contributed by atoms with Crippen LogP contribution in [0, 0.1) is 0 Å². The summed E-state index contributed by atoms with van der Waals surface area (Å²) in [6, 6.07) is 5.69. The summed E-state index contributed by atoms with van der Waals surface area (Å²) in [6.07, 6.45) is 0.851. The third-order valence-electron chi connectivity index (χ3n) is 2.41. The highest BCUT2D eigenvalue weighted by Crippen LogP contribution is 2.39. The molecule has 0 fully saturated rings. The molecule has 2 heteroatoms. The van der Waals surface area contributed by atoms with Crippen LogP contribution in [0.5, 0.6) is 5.75 Å². The summed E-state index contributed by atoms with van der Waals surface area (Å²) in [5, 5.41) is 0. The molecule has 0 bridgehead atoms. The van der Waals surface area contributed by atoms with Crippen molar-refractivity contribution in [3.8, 4) is 5.75 Å². The van der Waals surface area contributed by atoms with Gasteiger partial charge >= 0.3 is 0 Å². The van der Waals surface area contributed by atoms with Gasteiger partial charge in [0.25, 0.3) is 0 Å². The minimum Gasteiger partial charge on any atom is -0.487 e. The lowest BCUT2D eigenvalue weighted by atomic mass is 9.90. The highest BCUT2D eigenvalue weighted by Gasteiger charge is 2.28. The van der Waals surface area contributed by atoms with Gasteiger partial charge in [0.05, 0.1) is 0 Å². The van der Waals surface area contributed by atoms with Gasteiger partial charge in [0.1, 0.15) is 11.4 Å². The van der Waals surface area contributed by atoms with Crippen molar-refractivity contribution in [3.63, 3.8) is 0 Å². The lowest BCUT2D eigenvalue weighted by Crippen LogP contribution is -2.31. The van der Waals surface area contributed by atoms with E-state index in [2.05, 4.69) is 20.4 Å². The van der Waals surface area contributed by atoms with E-state index in [1.807, 2.05) is 18.2 Å². The molecule has 1 aromatic rings. The summed E-state index contributed by atoms with van der Waals surface area (Å²) < 4.78 is 5.83. The number of anilines is 1. The maximum Gasteiger partial charge on any atom is 0.127 e. The van der Waals surface area contributed by atoms with Crippen LogP contribution in [-0.2, 0) is 0 Å². The quantitative estimate of drug-likeness (QED) is 0.637. The third-order valence-corrected chi connectivity index (χ3v) is 2.41. The van der Waals surface area contributed by atoms with Gasteiger partial charge in [-0.15, -0.1) is 0 Å². The fourth-order valence-corrected chi connectivity index (χ4v) is 1.86. The van der Waals surface area contributed by atoms with Crippen LogP contribution in [0.4, 0.5) is 5.69 Å². The van der Waals surface area contributed by atoms with Crippen molar-refractivity contribution in [1.82, 2.24) is 0 Å². The molecule has 1 aliphatic rings. The second-order valence-corrected chi connectivity index (χ2v) is 4.40. The Morgan fingerprint density at radius 3 is 2.86 bits per heavy atom. The van der Waals surface area contributed by atoms with Crippen molar-refractivity contribution in [1.29, 1.82) is 0 Å². The number of fused-ring (bicyclic) bond motifs is 1. The van der Waals surface area contributed by atoms with Gasteiger partial charge in [0, 0.05) is 17.7 Å². The number of nitrogen functional groups attached to an aromatic ring is 1. The molecule has 2 rings (SSSR count). The predicted octanol–water partition coefficient (Wildman–Crippen LogP) is 2.84. The van der Waals surface area contributed by atoms with Crippen LogP contribution in [0.15, 0.2) is 24.8 Å². The van der Waals surface area contributed by atoms with Crippen LogP contribution < -0.4 is 10.5 Å². The number of benzene rings is 1. The zero-order valence-corrected chi connectivity index (χ0v) is 8.63. The Morgan fingerprint density at radius 1 is 1.43 bits per heavy atom. The highest BCUT2D eigenvalue weighted by molar-refractivity contribution is 5.73. The number of ether oxygens (including phenoxy) is 1. The van der Waals surface area contributed by atoms with E-state index in [0.29, 0.717) is 0 Å². The van der Waals surface area contributed by atoms with Crippen molar-refractivity contribution < 1.29 is 4.74 Å². The fraction of sp³-hybridized carbons (Fsp3) is 0.333. The molecule has 0 saturated heterocycles. The first-order valence-corrected chi connectivity index (χ1v) is 4.75. The van der Waals surface area contributed by atoms with Gasteiger partial charge in [-0.1, -0.05) is 6.58 Å². The average molecular weight is 189 g/mol. The van der Waals surface area contributed by atoms with Crippen LogP contribution in [0.25, 0.3) is 5.57 Å². The minimum absolute atomic E-state index is 0.153. The number of hydrogen-bond acceptors (Lipinski definition) is 2. The molecule has 0 aliphatic carbocycles. The molecule has 74 valence electrons. The van der Waals surface area contributed by atoms with E-state index in [-0.39, 0.29) is 5.60 Å². The highest BCUT2D eigenvalue weighted by atomic mass is 16.5. The molecule has 1 aromatic carbocycles. The van der Waals surface area contributed by atoms with Crippen molar-refractivity contribution in [2.24, 2.45) is 0 Å². The molecule has 2 N–H and O–H groups in total. The lowest BCUT2D eigenvalue weighted by molar-refractivity contribution is 0.108. The van der Waals surface area contributed by atoms with Gasteiger partial charge in [-0.25, -0.2) is 0 Å². The van der Waals surface area contributed by atoms with E-state index in [9.17, 15) is 0 Å². The van der Waals surface area contributed by atoms with Gasteiger partial charge in [0.2, 0.25) is 0 Å². The molecule has 14 heavy (non-hydrogen) atoms. The van der Waals surface area contributed by atoms with Gasteiger partial charge < -0.3 is 10.5 Å². The molecular formula is C12H15NO. The molecule has 2 nitrogen and oxygen atoms in total. The zero-order chi connectivity index (χ0) is 10.3. The van der Waals surface area contributed by atoms with E-state index in [4.69, 9.17) is 10.5 Å². The summed E-state index contributed by atoms with van der Waals surface area (Å²) in [7, 11) is 0. The molecule has 1 aliphatic heterocycles. The molecule has 0 atom stereocenters. The van der Waals surface area contributed by atoms with Crippen LogP contribution >= 0.6 is 0 Å². The van der Waals surface area contributed by atoms with Crippen molar-refractivity contribution in [2.45, 2.75) is 25.9 Å². The smallest absolute Gasteiger partial charge is 0.127 e. The standard InChI is InChI=1S/C12H15NO/c1-8-7-12(2,3)14-11-5-4-9(13)6-10(8)11/h4-6H,1,7,13H2,2-3H3. The van der Waals surface area contributed by atoms with E-state index < -0.39 is 0 Å². The summed E-state index contributed by atoms with van der Waals surface area (Å²) in [5.41, 5.74) is 8.47. The van der Waals surface area contributed by atoms with Crippen LogP contribution in [0.1, 0.15) is 25.8 Å². The molecule has 0 unspecified atom stereocenters. The number of hydrogen-bond donors (Lipinski definition) is 1. The second kappa shape index (κ2) is 2.77. The zero-order valence-electron chi connectivity index (χ0n) is 8.63. The number of nitrogens with two attached hydrogens (primary N) is 1. The molecule has 0 radical (unpaired) electrons. The Hall–Kier alpha value is -1.44. The topological polar surface area (TPSA) is 35.2 Å². The SMILES string of the molecule is C=C1CC(C)(C)Oc2ccc(N)cc21. The third kappa shape index (κ3) is 1.48. The van der Waals surface area contributed by atoms with Crippen molar-refractivity contribution in [2.75, 3.05) is 5.73 Å². The maximum absolute atomic E-state index is 5.83. The molecule has 1 heterocycles. The Morgan fingerprint density at radius 2 is 2.14 bits per heavy atom. The summed E-state index contributed by atoms with van der Waals surface area (Å²) >= 11 is 0. The first kappa shape index (κ1) is 9.13. The van der Waals surface area contributed by atoms with E-state index in [0.717, 1.165) is 29.0 Å². The summed E-state index contributed by atoms with van der Waals surface area (Å²) in [4.78, 5) is 0. The Kier molecular flexibility index (Phi) is 1.81. The molecule has 0 saturated carbocycles. The first-order valence-electron chi connectivity index (χ1n) is 4.75. The van der Waals surface area contributed by atoms with Crippen LogP contribution in [0.2, 0.25) is 0 Å².